The number of halogens is 3. The number of carbonyl (C=O) groups excluding carboxylic acids is 2. The molecule has 37 heavy (non-hydrogen) atoms. The molecule has 2 aromatic rings. The second-order valence-corrected chi connectivity index (χ2v) is 9.93. The molecule has 1 aliphatic heterocycles. The second-order valence-electron chi connectivity index (χ2n) is 8.68. The molecule has 1 saturated heterocycles. The average Bonchev–Trinajstić information content (AvgIpc) is 2.86. The van der Waals surface area contributed by atoms with E-state index < -0.39 is 24.5 Å². The number of aliphatic carboxylic acids is 1. The van der Waals surface area contributed by atoms with Crippen molar-refractivity contribution in [2.75, 3.05) is 45.9 Å². The molecule has 0 aliphatic carbocycles. The Balaban J connectivity index is 1.44. The number of ether oxygens (including phenoxy) is 1. The molecule has 200 valence electrons. The predicted molar refractivity (Wildman–Crippen MR) is 143 cm³/mol. The molecule has 9 nitrogen and oxygen atoms in total. The Kier molecular flexibility index (Phi) is 10.8. The quantitative estimate of drug-likeness (QED) is 0.380. The van der Waals surface area contributed by atoms with Crippen LogP contribution in [0.15, 0.2) is 36.4 Å². The summed E-state index contributed by atoms with van der Waals surface area (Å²) in [7, 11) is 0. The Morgan fingerprint density at radius 3 is 2.38 bits per heavy atom. The maximum Gasteiger partial charge on any atom is 0.325 e. The smallest absolute Gasteiger partial charge is 0.325 e. The van der Waals surface area contributed by atoms with E-state index in [1.165, 1.54) is 19.1 Å². The summed E-state index contributed by atoms with van der Waals surface area (Å²) >= 11 is 18.1. The normalized spacial score (nSPS) is 15.1. The van der Waals surface area contributed by atoms with Crippen molar-refractivity contribution in [3.05, 3.63) is 62.6 Å². The summed E-state index contributed by atoms with van der Waals surface area (Å²) in [6.07, 6.45) is 0. The molecular weight excluding hydrogens is 543 g/mol. The molecule has 3 N–H and O–H groups in total. The Morgan fingerprint density at radius 2 is 1.70 bits per heavy atom. The van der Waals surface area contributed by atoms with Gasteiger partial charge in [0.05, 0.1) is 15.6 Å². The highest BCUT2D eigenvalue weighted by atomic mass is 35.5. The molecule has 0 aromatic heterocycles. The number of piperazine rings is 1. The van der Waals surface area contributed by atoms with Crippen molar-refractivity contribution in [3.8, 4) is 5.75 Å². The van der Waals surface area contributed by atoms with Gasteiger partial charge in [0, 0.05) is 50.8 Å². The molecule has 2 amide bonds. The van der Waals surface area contributed by atoms with Crippen LogP contribution in [-0.4, -0.2) is 84.6 Å². The van der Waals surface area contributed by atoms with Crippen LogP contribution in [0, 0.1) is 0 Å². The largest absolute Gasteiger partial charge is 0.483 e. The van der Waals surface area contributed by atoms with Gasteiger partial charge < -0.3 is 20.5 Å². The molecule has 0 saturated carbocycles. The summed E-state index contributed by atoms with van der Waals surface area (Å²) in [5.74, 6) is -2.01. The third-order valence-electron chi connectivity index (χ3n) is 5.86. The lowest BCUT2D eigenvalue weighted by Gasteiger charge is -2.34. The fourth-order valence-electron chi connectivity index (χ4n) is 3.78. The Labute approximate surface area is 230 Å². The summed E-state index contributed by atoms with van der Waals surface area (Å²) in [6.45, 7) is 6.34. The number of nitrogens with one attached hydrogen (secondary N) is 2. The number of benzene rings is 2. The lowest BCUT2D eigenvalue weighted by atomic mass is 10.2. The van der Waals surface area contributed by atoms with Crippen LogP contribution in [0.4, 0.5) is 0 Å². The SMILES string of the molecule is CC(NC(=O)COc1cc(Cl)ccc1C(=O)NCCN1CCN(Cc2ccc(Cl)c(Cl)c2)CC1)C(=O)O. The van der Waals surface area contributed by atoms with Crippen molar-refractivity contribution in [3.63, 3.8) is 0 Å². The predicted octanol–water partition coefficient (Wildman–Crippen LogP) is 3.16. The van der Waals surface area contributed by atoms with Gasteiger partial charge in [0.2, 0.25) is 0 Å². The van der Waals surface area contributed by atoms with Crippen molar-refractivity contribution in [2.24, 2.45) is 0 Å². The second kappa shape index (κ2) is 13.8. The minimum Gasteiger partial charge on any atom is -0.483 e. The van der Waals surface area contributed by atoms with Gasteiger partial charge in [-0.3, -0.25) is 24.2 Å². The first kappa shape index (κ1) is 29.0. The minimum absolute atomic E-state index is 0.138. The van der Waals surface area contributed by atoms with Gasteiger partial charge in [-0.15, -0.1) is 0 Å². The maximum atomic E-state index is 12.8. The third-order valence-corrected chi connectivity index (χ3v) is 6.84. The molecule has 1 atom stereocenters. The van der Waals surface area contributed by atoms with Crippen LogP contribution in [0.25, 0.3) is 0 Å². The maximum absolute atomic E-state index is 12.8. The molecule has 1 unspecified atom stereocenters. The van der Waals surface area contributed by atoms with Gasteiger partial charge in [0.25, 0.3) is 11.8 Å². The molecule has 1 heterocycles. The van der Waals surface area contributed by atoms with Crippen molar-refractivity contribution in [2.45, 2.75) is 19.5 Å². The Hall–Kier alpha value is -2.56. The van der Waals surface area contributed by atoms with E-state index in [0.717, 1.165) is 38.3 Å². The van der Waals surface area contributed by atoms with Gasteiger partial charge in [-0.25, -0.2) is 0 Å². The highest BCUT2D eigenvalue weighted by molar-refractivity contribution is 6.42. The number of carbonyl (C=O) groups is 3. The molecule has 1 aliphatic rings. The molecule has 0 bridgehead atoms. The summed E-state index contributed by atoms with van der Waals surface area (Å²) in [4.78, 5) is 40.2. The fraction of sp³-hybridized carbons (Fsp3) is 0.400. The zero-order chi connectivity index (χ0) is 26.9. The minimum atomic E-state index is -1.16. The summed E-state index contributed by atoms with van der Waals surface area (Å²) in [6, 6.07) is 9.14. The van der Waals surface area contributed by atoms with Gasteiger partial charge in [0.15, 0.2) is 6.61 Å². The summed E-state index contributed by atoms with van der Waals surface area (Å²) < 4.78 is 5.47. The van der Waals surface area contributed by atoms with Gasteiger partial charge in [0.1, 0.15) is 11.8 Å². The number of carboxylic acids is 1. The van der Waals surface area contributed by atoms with Crippen molar-refractivity contribution < 1.29 is 24.2 Å². The van der Waals surface area contributed by atoms with E-state index in [-0.39, 0.29) is 17.2 Å². The molecule has 0 radical (unpaired) electrons. The van der Waals surface area contributed by atoms with Gasteiger partial charge >= 0.3 is 5.97 Å². The average molecular weight is 572 g/mol. The summed E-state index contributed by atoms with van der Waals surface area (Å²) in [5, 5.41) is 15.5. The van der Waals surface area contributed by atoms with Crippen LogP contribution in [0.1, 0.15) is 22.8 Å². The number of hydrogen-bond acceptors (Lipinski definition) is 6. The van der Waals surface area contributed by atoms with Crippen molar-refractivity contribution in [1.29, 1.82) is 0 Å². The van der Waals surface area contributed by atoms with Crippen LogP contribution in [0.3, 0.4) is 0 Å². The first-order valence-electron chi connectivity index (χ1n) is 11.7. The van der Waals surface area contributed by atoms with Crippen molar-refractivity contribution in [1.82, 2.24) is 20.4 Å². The number of nitrogens with zero attached hydrogens (tertiary/aromatic N) is 2. The third kappa shape index (κ3) is 9.05. The lowest BCUT2D eigenvalue weighted by molar-refractivity contribution is -0.141. The monoisotopic (exact) mass is 570 g/mol. The van der Waals surface area contributed by atoms with Crippen LogP contribution >= 0.6 is 34.8 Å². The molecule has 12 heteroatoms. The fourth-order valence-corrected chi connectivity index (χ4v) is 4.26. The first-order valence-corrected chi connectivity index (χ1v) is 12.9. The van der Waals surface area contributed by atoms with E-state index in [1.807, 2.05) is 18.2 Å². The molecule has 1 fully saturated rings. The number of hydrogen-bond donors (Lipinski definition) is 3. The molecular formula is C25H29Cl3N4O5. The van der Waals surface area contributed by atoms with E-state index in [9.17, 15) is 14.4 Å². The topological polar surface area (TPSA) is 111 Å². The van der Waals surface area contributed by atoms with Crippen LogP contribution in [-0.2, 0) is 16.1 Å². The Morgan fingerprint density at radius 1 is 1.00 bits per heavy atom. The standard InChI is InChI=1S/C25H29Cl3N4O5/c1-16(25(35)36)30-23(33)15-37-22-13-18(26)3-4-19(22)24(34)29-6-7-31-8-10-32(11-9-31)14-17-2-5-20(27)21(28)12-17/h2-5,12-13,16H,6-11,14-15H2,1H3,(H,29,34)(H,30,33)(H,35,36). The molecule has 2 aromatic carbocycles. The number of rotatable bonds is 11. The van der Waals surface area contributed by atoms with Crippen molar-refractivity contribution >= 4 is 52.6 Å². The highest BCUT2D eigenvalue weighted by Crippen LogP contribution is 2.24. The van der Waals surface area contributed by atoms with E-state index in [2.05, 4.69) is 20.4 Å². The highest BCUT2D eigenvalue weighted by Gasteiger charge is 2.19. The van der Waals surface area contributed by atoms with E-state index in [4.69, 9.17) is 44.6 Å². The number of carboxylic acid groups (broad SMARTS) is 1. The number of amides is 2. The first-order chi connectivity index (χ1) is 17.6. The molecule has 0 spiro atoms. The van der Waals surface area contributed by atoms with Crippen LogP contribution in [0.5, 0.6) is 5.75 Å². The Bertz CT molecular complexity index is 1130. The van der Waals surface area contributed by atoms with E-state index >= 15 is 0 Å². The van der Waals surface area contributed by atoms with E-state index in [0.29, 0.717) is 28.2 Å². The summed E-state index contributed by atoms with van der Waals surface area (Å²) in [5.41, 5.74) is 1.35. The van der Waals surface area contributed by atoms with Gasteiger partial charge in [-0.1, -0.05) is 40.9 Å². The van der Waals surface area contributed by atoms with E-state index in [1.54, 1.807) is 6.07 Å². The zero-order valence-electron chi connectivity index (χ0n) is 20.3. The molecule has 3 rings (SSSR count). The van der Waals surface area contributed by atoms with Crippen LogP contribution < -0.4 is 15.4 Å². The van der Waals surface area contributed by atoms with Gasteiger partial charge in [-0.05, 0) is 42.8 Å². The van der Waals surface area contributed by atoms with Crippen LogP contribution in [0.2, 0.25) is 15.1 Å². The lowest BCUT2D eigenvalue weighted by Crippen LogP contribution is -2.48. The zero-order valence-corrected chi connectivity index (χ0v) is 22.6. The van der Waals surface area contributed by atoms with Gasteiger partial charge in [-0.2, -0.15) is 0 Å².